The molecular weight excluding hydrogens is 461 g/mol. The smallest absolute Gasteiger partial charge is 0.291 e. The monoisotopic (exact) mass is 485 g/mol. The van der Waals surface area contributed by atoms with Gasteiger partial charge in [0, 0.05) is 37.7 Å². The first-order valence-corrected chi connectivity index (χ1v) is 11.6. The second kappa shape index (κ2) is 9.89. The van der Waals surface area contributed by atoms with Crippen molar-refractivity contribution in [3.8, 4) is 11.3 Å². The zero-order valence-corrected chi connectivity index (χ0v) is 20.0. The Bertz CT molecular complexity index is 1170. The van der Waals surface area contributed by atoms with Crippen LogP contribution in [0.15, 0.2) is 59.0 Å². The highest BCUT2D eigenvalue weighted by Crippen LogP contribution is 2.31. The third-order valence-corrected chi connectivity index (χ3v) is 6.35. The minimum absolute atomic E-state index is 0.00907. The summed E-state index contributed by atoms with van der Waals surface area (Å²) >= 11 is 12.1. The van der Waals surface area contributed by atoms with E-state index in [1.165, 1.54) is 0 Å². The molecule has 33 heavy (non-hydrogen) atoms. The van der Waals surface area contributed by atoms with E-state index in [2.05, 4.69) is 10.2 Å². The van der Waals surface area contributed by atoms with Crippen LogP contribution in [0.5, 0.6) is 0 Å². The van der Waals surface area contributed by atoms with Crippen LogP contribution in [0.1, 0.15) is 24.4 Å². The number of anilines is 2. The van der Waals surface area contributed by atoms with Gasteiger partial charge in [0.1, 0.15) is 5.76 Å². The lowest BCUT2D eigenvalue weighted by Gasteiger charge is -2.37. The summed E-state index contributed by atoms with van der Waals surface area (Å²) in [6.07, 6.45) is 0. The van der Waals surface area contributed by atoms with Crippen LogP contribution >= 0.6 is 23.2 Å². The third kappa shape index (κ3) is 5.18. The molecule has 4 rings (SSSR count). The molecule has 1 fully saturated rings. The average molecular weight is 486 g/mol. The summed E-state index contributed by atoms with van der Waals surface area (Å²) < 4.78 is 5.78. The minimum Gasteiger partial charge on any atom is -0.451 e. The number of hydrogen-bond acceptors (Lipinski definition) is 4. The van der Waals surface area contributed by atoms with Gasteiger partial charge in [-0.3, -0.25) is 9.59 Å². The first kappa shape index (κ1) is 23.2. The van der Waals surface area contributed by atoms with Crippen molar-refractivity contribution in [1.29, 1.82) is 0 Å². The second-order valence-electron chi connectivity index (χ2n) is 8.23. The molecule has 0 unspecified atom stereocenters. The molecule has 172 valence electrons. The van der Waals surface area contributed by atoms with Crippen LogP contribution in [0.2, 0.25) is 10.0 Å². The summed E-state index contributed by atoms with van der Waals surface area (Å²) in [4.78, 5) is 29.3. The molecule has 6 nitrogen and oxygen atoms in total. The maximum Gasteiger partial charge on any atom is 0.291 e. The van der Waals surface area contributed by atoms with Gasteiger partial charge in [-0.05, 0) is 42.5 Å². The van der Waals surface area contributed by atoms with Crippen LogP contribution < -0.4 is 10.2 Å². The van der Waals surface area contributed by atoms with E-state index in [4.69, 9.17) is 27.6 Å². The summed E-state index contributed by atoms with van der Waals surface area (Å²) in [5.41, 5.74) is 2.34. The SMILES string of the molecule is CC(C)C(=O)N1CCN(c2ccccc2NC(=O)c2ccc(-c3ccc(Cl)c(Cl)c3)o2)CC1. The number of nitrogens with one attached hydrogen (secondary N) is 1. The van der Waals surface area contributed by atoms with Gasteiger partial charge in [-0.2, -0.15) is 0 Å². The number of halogens is 2. The lowest BCUT2D eigenvalue weighted by Crippen LogP contribution is -2.50. The number of furan rings is 1. The van der Waals surface area contributed by atoms with E-state index < -0.39 is 0 Å². The predicted octanol–water partition coefficient (Wildman–Crippen LogP) is 5.81. The molecule has 1 aromatic heterocycles. The Hall–Kier alpha value is -2.96. The predicted molar refractivity (Wildman–Crippen MR) is 132 cm³/mol. The van der Waals surface area contributed by atoms with Gasteiger partial charge in [-0.15, -0.1) is 0 Å². The van der Waals surface area contributed by atoms with E-state index in [1.807, 2.05) is 43.0 Å². The Morgan fingerprint density at radius 1 is 0.939 bits per heavy atom. The molecule has 0 bridgehead atoms. The molecule has 2 aromatic carbocycles. The standard InChI is InChI=1S/C25H25Cl2N3O3/c1-16(2)25(32)30-13-11-29(12-14-30)21-6-4-3-5-20(21)28-24(31)23-10-9-22(33-23)17-7-8-18(26)19(27)15-17/h3-10,15-16H,11-14H2,1-2H3,(H,28,31). The maximum absolute atomic E-state index is 12.9. The summed E-state index contributed by atoms with van der Waals surface area (Å²) in [6, 6.07) is 16.2. The van der Waals surface area contributed by atoms with E-state index in [0.29, 0.717) is 47.7 Å². The number of rotatable bonds is 5. The average Bonchev–Trinajstić information content (AvgIpc) is 3.31. The molecule has 2 amide bonds. The molecule has 0 saturated carbocycles. The fourth-order valence-electron chi connectivity index (χ4n) is 3.84. The van der Waals surface area contributed by atoms with Crippen LogP contribution in [0.3, 0.4) is 0 Å². The zero-order valence-electron chi connectivity index (χ0n) is 18.5. The Morgan fingerprint density at radius 3 is 2.36 bits per heavy atom. The van der Waals surface area contributed by atoms with E-state index in [9.17, 15) is 9.59 Å². The number of amides is 2. The lowest BCUT2D eigenvalue weighted by atomic mass is 10.1. The highest BCUT2D eigenvalue weighted by Gasteiger charge is 2.24. The molecule has 0 aliphatic carbocycles. The number of carbonyl (C=O) groups excluding carboxylic acids is 2. The third-order valence-electron chi connectivity index (χ3n) is 5.61. The van der Waals surface area contributed by atoms with Crippen molar-refractivity contribution in [2.75, 3.05) is 36.4 Å². The number of piperazine rings is 1. The van der Waals surface area contributed by atoms with Crippen molar-refractivity contribution >= 4 is 46.4 Å². The summed E-state index contributed by atoms with van der Waals surface area (Å²) in [6.45, 7) is 6.55. The Labute approximate surface area is 203 Å². The van der Waals surface area contributed by atoms with Gasteiger partial charge in [-0.25, -0.2) is 0 Å². The van der Waals surface area contributed by atoms with Gasteiger partial charge in [0.25, 0.3) is 5.91 Å². The quantitative estimate of drug-likeness (QED) is 0.494. The van der Waals surface area contributed by atoms with Crippen LogP contribution in [-0.2, 0) is 4.79 Å². The molecule has 0 radical (unpaired) electrons. The van der Waals surface area contributed by atoms with E-state index >= 15 is 0 Å². The Morgan fingerprint density at radius 2 is 1.67 bits per heavy atom. The summed E-state index contributed by atoms with van der Waals surface area (Å²) in [5.74, 6) is 0.538. The van der Waals surface area contributed by atoms with Gasteiger partial charge in [-0.1, -0.05) is 49.2 Å². The number of carbonyl (C=O) groups is 2. The molecule has 1 N–H and O–H groups in total. The van der Waals surface area contributed by atoms with E-state index in [0.717, 1.165) is 11.3 Å². The van der Waals surface area contributed by atoms with Crippen LogP contribution in [-0.4, -0.2) is 42.9 Å². The topological polar surface area (TPSA) is 65.8 Å². The minimum atomic E-state index is -0.345. The van der Waals surface area contributed by atoms with Crippen molar-refractivity contribution in [1.82, 2.24) is 4.90 Å². The lowest BCUT2D eigenvalue weighted by molar-refractivity contribution is -0.134. The second-order valence-corrected chi connectivity index (χ2v) is 9.05. The molecule has 3 aromatic rings. The van der Waals surface area contributed by atoms with Gasteiger partial charge in [0.15, 0.2) is 5.76 Å². The van der Waals surface area contributed by atoms with Crippen molar-refractivity contribution in [3.05, 3.63) is 70.4 Å². The Balaban J connectivity index is 1.46. The largest absolute Gasteiger partial charge is 0.451 e. The molecule has 1 saturated heterocycles. The number of hydrogen-bond donors (Lipinski definition) is 1. The van der Waals surface area contributed by atoms with Gasteiger partial charge < -0.3 is 19.5 Å². The van der Waals surface area contributed by atoms with Crippen molar-refractivity contribution < 1.29 is 14.0 Å². The van der Waals surface area contributed by atoms with Gasteiger partial charge in [0.05, 0.1) is 21.4 Å². The van der Waals surface area contributed by atoms with Crippen LogP contribution in [0.4, 0.5) is 11.4 Å². The van der Waals surface area contributed by atoms with Gasteiger partial charge >= 0.3 is 0 Å². The number of benzene rings is 2. The summed E-state index contributed by atoms with van der Waals surface area (Å²) in [5, 5.41) is 3.83. The highest BCUT2D eigenvalue weighted by molar-refractivity contribution is 6.42. The van der Waals surface area contributed by atoms with E-state index in [-0.39, 0.29) is 23.5 Å². The number of para-hydroxylation sites is 2. The van der Waals surface area contributed by atoms with Crippen LogP contribution in [0.25, 0.3) is 11.3 Å². The van der Waals surface area contributed by atoms with Crippen LogP contribution in [0, 0.1) is 5.92 Å². The fourth-order valence-corrected chi connectivity index (χ4v) is 4.13. The molecule has 2 heterocycles. The fraction of sp³-hybridized carbons (Fsp3) is 0.280. The van der Waals surface area contributed by atoms with Gasteiger partial charge in [0.2, 0.25) is 5.91 Å². The number of nitrogens with zero attached hydrogens (tertiary/aromatic N) is 2. The molecule has 0 spiro atoms. The van der Waals surface area contributed by atoms with Crippen molar-refractivity contribution in [2.24, 2.45) is 5.92 Å². The molecule has 8 heteroatoms. The summed E-state index contributed by atoms with van der Waals surface area (Å²) in [7, 11) is 0. The highest BCUT2D eigenvalue weighted by atomic mass is 35.5. The van der Waals surface area contributed by atoms with Crippen molar-refractivity contribution in [3.63, 3.8) is 0 Å². The van der Waals surface area contributed by atoms with Crippen molar-refractivity contribution in [2.45, 2.75) is 13.8 Å². The molecular formula is C25H25Cl2N3O3. The molecule has 1 aliphatic heterocycles. The Kier molecular flexibility index (Phi) is 6.96. The maximum atomic E-state index is 12.9. The first-order valence-electron chi connectivity index (χ1n) is 10.8. The van der Waals surface area contributed by atoms with E-state index in [1.54, 1.807) is 30.3 Å². The molecule has 0 atom stereocenters. The first-order chi connectivity index (χ1) is 15.8. The zero-order chi connectivity index (χ0) is 23.5. The normalized spacial score (nSPS) is 14.0. The molecule has 1 aliphatic rings.